The van der Waals surface area contributed by atoms with Crippen molar-refractivity contribution in [1.29, 1.82) is 0 Å². The summed E-state index contributed by atoms with van der Waals surface area (Å²) in [6.45, 7) is 6.92. The van der Waals surface area contributed by atoms with Crippen LogP contribution in [0.1, 0.15) is 39.2 Å². The topological polar surface area (TPSA) is 29.0 Å². The molecule has 0 radical (unpaired) electrons. The molecule has 0 unspecified atom stereocenters. The lowest BCUT2D eigenvalue weighted by atomic mass is 9.76. The Kier molecular flexibility index (Phi) is 6.13. The molecule has 0 aliphatic carbocycles. The Bertz CT molecular complexity index is 1070. The van der Waals surface area contributed by atoms with Crippen LogP contribution in [0.4, 0.5) is 17.1 Å². The Morgan fingerprint density at radius 1 is 0.710 bits per heavy atom. The van der Waals surface area contributed by atoms with Crippen molar-refractivity contribution in [1.82, 2.24) is 9.97 Å². The molecule has 0 atom stereocenters. The van der Waals surface area contributed by atoms with Gasteiger partial charge in [0.1, 0.15) is 6.33 Å². The Labute approximate surface area is 185 Å². The summed E-state index contributed by atoms with van der Waals surface area (Å²) in [7, 11) is 0. The van der Waals surface area contributed by atoms with Gasteiger partial charge < -0.3 is 4.90 Å². The minimum absolute atomic E-state index is 0.0444. The molecule has 0 aliphatic rings. The Morgan fingerprint density at radius 3 is 1.77 bits per heavy atom. The number of nitrogens with zero attached hydrogens (tertiary/aromatic N) is 3. The summed E-state index contributed by atoms with van der Waals surface area (Å²) in [5, 5.41) is 0. The molecule has 1 heterocycles. The van der Waals surface area contributed by atoms with E-state index in [0.717, 1.165) is 35.3 Å². The molecule has 31 heavy (non-hydrogen) atoms. The van der Waals surface area contributed by atoms with Gasteiger partial charge in [-0.15, -0.1) is 0 Å². The fourth-order valence-electron chi connectivity index (χ4n) is 4.05. The molecule has 4 aromatic rings. The largest absolute Gasteiger partial charge is 0.310 e. The maximum Gasteiger partial charge on any atom is 0.115 e. The molecule has 3 heteroatoms. The van der Waals surface area contributed by atoms with Crippen molar-refractivity contribution in [2.24, 2.45) is 0 Å². The second kappa shape index (κ2) is 9.13. The van der Waals surface area contributed by atoms with Gasteiger partial charge in [-0.2, -0.15) is 0 Å². The van der Waals surface area contributed by atoms with Crippen molar-refractivity contribution in [3.05, 3.63) is 103 Å². The van der Waals surface area contributed by atoms with Crippen LogP contribution in [-0.2, 0) is 5.41 Å². The van der Waals surface area contributed by atoms with E-state index < -0.39 is 0 Å². The molecule has 0 saturated heterocycles. The standard InChI is InChI=1S/C28H29N3/c1-4-28(3,5-2)26-18-22(23-19-29-21-30-20-23)16-17-27(26)31(24-12-8-6-9-13-24)25-14-10-7-11-15-25/h6-21H,4-5H2,1-3H3. The van der Waals surface area contributed by atoms with Crippen molar-refractivity contribution < 1.29 is 0 Å². The number of hydrogen-bond acceptors (Lipinski definition) is 3. The van der Waals surface area contributed by atoms with Crippen LogP contribution in [0.5, 0.6) is 0 Å². The summed E-state index contributed by atoms with van der Waals surface area (Å²) in [6, 6.07) is 28.0. The monoisotopic (exact) mass is 407 g/mol. The third-order valence-corrected chi connectivity index (χ3v) is 6.37. The average molecular weight is 408 g/mol. The van der Waals surface area contributed by atoms with E-state index in [9.17, 15) is 0 Å². The number of para-hydroxylation sites is 2. The lowest BCUT2D eigenvalue weighted by Gasteiger charge is -2.35. The number of aromatic nitrogens is 2. The van der Waals surface area contributed by atoms with Crippen molar-refractivity contribution in [2.45, 2.75) is 39.0 Å². The van der Waals surface area contributed by atoms with Crippen LogP contribution >= 0.6 is 0 Å². The summed E-state index contributed by atoms with van der Waals surface area (Å²) >= 11 is 0. The van der Waals surface area contributed by atoms with E-state index in [2.05, 4.69) is 115 Å². The van der Waals surface area contributed by atoms with Crippen LogP contribution in [0, 0.1) is 0 Å². The van der Waals surface area contributed by atoms with Gasteiger partial charge in [-0.1, -0.05) is 63.2 Å². The fourth-order valence-corrected chi connectivity index (χ4v) is 4.05. The van der Waals surface area contributed by atoms with Crippen LogP contribution in [-0.4, -0.2) is 9.97 Å². The summed E-state index contributed by atoms with van der Waals surface area (Å²) in [5.41, 5.74) is 7.09. The van der Waals surface area contributed by atoms with Gasteiger partial charge in [-0.05, 0) is 65.8 Å². The van der Waals surface area contributed by atoms with Gasteiger partial charge in [0.25, 0.3) is 0 Å². The first-order chi connectivity index (χ1) is 15.2. The van der Waals surface area contributed by atoms with Crippen LogP contribution in [0.3, 0.4) is 0 Å². The highest BCUT2D eigenvalue weighted by Gasteiger charge is 2.29. The van der Waals surface area contributed by atoms with E-state index in [1.54, 1.807) is 6.33 Å². The molecular formula is C28H29N3. The second-order valence-electron chi connectivity index (χ2n) is 8.13. The molecule has 0 spiro atoms. The second-order valence-corrected chi connectivity index (χ2v) is 8.13. The molecule has 1 aromatic heterocycles. The first-order valence-electron chi connectivity index (χ1n) is 11.0. The van der Waals surface area contributed by atoms with Crippen molar-refractivity contribution in [3.8, 4) is 11.1 Å². The molecule has 4 rings (SSSR count). The maximum absolute atomic E-state index is 4.22. The first-order valence-corrected chi connectivity index (χ1v) is 11.0. The van der Waals surface area contributed by atoms with E-state index in [1.807, 2.05) is 12.4 Å². The zero-order chi connectivity index (χ0) is 21.7. The SMILES string of the molecule is CCC(C)(CC)c1cc(-c2cncnc2)ccc1N(c1ccccc1)c1ccccc1. The molecule has 3 nitrogen and oxygen atoms in total. The molecule has 3 aromatic carbocycles. The average Bonchev–Trinajstić information content (AvgIpc) is 2.86. The van der Waals surface area contributed by atoms with Gasteiger partial charge >= 0.3 is 0 Å². The number of benzene rings is 3. The molecule has 0 fully saturated rings. The van der Waals surface area contributed by atoms with Crippen LogP contribution in [0.15, 0.2) is 97.6 Å². The third kappa shape index (κ3) is 4.22. The minimum atomic E-state index is 0.0444. The van der Waals surface area contributed by atoms with Gasteiger partial charge in [0, 0.05) is 35.0 Å². The Balaban J connectivity index is 1.96. The van der Waals surface area contributed by atoms with E-state index in [4.69, 9.17) is 0 Å². The minimum Gasteiger partial charge on any atom is -0.310 e. The quantitative estimate of drug-likeness (QED) is 0.314. The van der Waals surface area contributed by atoms with Gasteiger partial charge in [0.05, 0.1) is 0 Å². The Morgan fingerprint density at radius 2 is 1.26 bits per heavy atom. The maximum atomic E-state index is 4.22. The molecule has 0 bridgehead atoms. The smallest absolute Gasteiger partial charge is 0.115 e. The van der Waals surface area contributed by atoms with E-state index in [-0.39, 0.29) is 5.41 Å². The molecule has 156 valence electrons. The van der Waals surface area contributed by atoms with Gasteiger partial charge in [-0.25, -0.2) is 9.97 Å². The highest BCUT2D eigenvalue weighted by Crippen LogP contribution is 2.44. The summed E-state index contributed by atoms with van der Waals surface area (Å²) < 4.78 is 0. The van der Waals surface area contributed by atoms with E-state index in [0.29, 0.717) is 0 Å². The number of rotatable bonds is 7. The Hall–Kier alpha value is -3.46. The van der Waals surface area contributed by atoms with Crippen LogP contribution < -0.4 is 4.90 Å². The normalized spacial score (nSPS) is 11.3. The lowest BCUT2D eigenvalue weighted by Crippen LogP contribution is -2.24. The highest BCUT2D eigenvalue weighted by atomic mass is 15.1. The number of hydrogen-bond donors (Lipinski definition) is 0. The molecule has 0 saturated carbocycles. The zero-order valence-electron chi connectivity index (χ0n) is 18.5. The van der Waals surface area contributed by atoms with Crippen molar-refractivity contribution >= 4 is 17.1 Å². The van der Waals surface area contributed by atoms with Gasteiger partial charge in [0.15, 0.2) is 0 Å². The number of anilines is 3. The van der Waals surface area contributed by atoms with Gasteiger partial charge in [-0.3, -0.25) is 0 Å². The first kappa shape index (κ1) is 20.8. The van der Waals surface area contributed by atoms with Gasteiger partial charge in [0.2, 0.25) is 0 Å². The molecule has 0 amide bonds. The van der Waals surface area contributed by atoms with E-state index >= 15 is 0 Å². The predicted molar refractivity (Wildman–Crippen MR) is 130 cm³/mol. The summed E-state index contributed by atoms with van der Waals surface area (Å²) in [6.07, 6.45) is 7.46. The fraction of sp³-hybridized carbons (Fsp3) is 0.214. The van der Waals surface area contributed by atoms with Crippen molar-refractivity contribution in [2.75, 3.05) is 4.90 Å². The molecular weight excluding hydrogens is 378 g/mol. The molecule has 0 aliphatic heterocycles. The predicted octanol–water partition coefficient (Wildman–Crippen LogP) is 7.69. The highest BCUT2D eigenvalue weighted by molar-refractivity contribution is 5.81. The lowest BCUT2D eigenvalue weighted by molar-refractivity contribution is 0.440. The summed E-state index contributed by atoms with van der Waals surface area (Å²) in [4.78, 5) is 10.8. The summed E-state index contributed by atoms with van der Waals surface area (Å²) in [5.74, 6) is 0. The van der Waals surface area contributed by atoms with E-state index in [1.165, 1.54) is 11.3 Å². The zero-order valence-corrected chi connectivity index (χ0v) is 18.5. The molecule has 0 N–H and O–H groups in total. The van der Waals surface area contributed by atoms with Crippen molar-refractivity contribution in [3.63, 3.8) is 0 Å². The van der Waals surface area contributed by atoms with Crippen LogP contribution in [0.2, 0.25) is 0 Å². The van der Waals surface area contributed by atoms with Crippen LogP contribution in [0.25, 0.3) is 11.1 Å². The third-order valence-electron chi connectivity index (χ3n) is 6.37.